The van der Waals surface area contributed by atoms with Crippen LogP contribution < -0.4 is 25.9 Å². The van der Waals surface area contributed by atoms with Crippen LogP contribution in [0.25, 0.3) is 11.0 Å². The molecule has 3 aromatic rings. The van der Waals surface area contributed by atoms with Crippen LogP contribution in [0.5, 0.6) is 5.75 Å². The third-order valence-electron chi connectivity index (χ3n) is 5.94. The third kappa shape index (κ3) is 6.38. The van der Waals surface area contributed by atoms with Gasteiger partial charge in [0.1, 0.15) is 11.3 Å². The SMILES string of the molecule is CCCCCCCN[C@@H](C)C(=O)Nc1cc(N(C)c2cc(=O)oc3ccccc23)ccc1OC. The molecular formula is C27H35N3O4. The molecule has 2 aromatic carbocycles. The normalized spacial score (nSPS) is 11.9. The number of hydrogen-bond donors (Lipinski definition) is 2. The first-order valence-corrected chi connectivity index (χ1v) is 11.9. The molecular weight excluding hydrogens is 430 g/mol. The Labute approximate surface area is 201 Å². The summed E-state index contributed by atoms with van der Waals surface area (Å²) in [6.07, 6.45) is 5.93. The van der Waals surface area contributed by atoms with Crippen molar-refractivity contribution in [2.24, 2.45) is 0 Å². The second kappa shape index (κ2) is 12.2. The number of benzene rings is 2. The largest absolute Gasteiger partial charge is 0.495 e. The molecule has 0 unspecified atom stereocenters. The number of anilines is 3. The summed E-state index contributed by atoms with van der Waals surface area (Å²) in [5.41, 5.74) is 2.18. The molecule has 34 heavy (non-hydrogen) atoms. The topological polar surface area (TPSA) is 83.8 Å². The van der Waals surface area contributed by atoms with E-state index >= 15 is 0 Å². The van der Waals surface area contributed by atoms with E-state index in [1.807, 2.05) is 49.2 Å². The average Bonchev–Trinajstić information content (AvgIpc) is 2.84. The number of para-hydroxylation sites is 1. The van der Waals surface area contributed by atoms with Gasteiger partial charge < -0.3 is 24.7 Å². The van der Waals surface area contributed by atoms with E-state index in [4.69, 9.17) is 9.15 Å². The second-order valence-corrected chi connectivity index (χ2v) is 8.47. The van der Waals surface area contributed by atoms with Crippen LogP contribution in [0.3, 0.4) is 0 Å². The van der Waals surface area contributed by atoms with Crippen LogP contribution in [0, 0.1) is 0 Å². The van der Waals surface area contributed by atoms with Crippen molar-refractivity contribution in [3.8, 4) is 5.75 Å². The molecule has 0 aliphatic rings. The fourth-order valence-corrected chi connectivity index (χ4v) is 3.89. The Morgan fingerprint density at radius 3 is 2.62 bits per heavy atom. The molecule has 7 heteroatoms. The Morgan fingerprint density at radius 2 is 1.85 bits per heavy atom. The van der Waals surface area contributed by atoms with E-state index in [0.717, 1.165) is 24.0 Å². The van der Waals surface area contributed by atoms with Gasteiger partial charge in [-0.15, -0.1) is 0 Å². The number of fused-ring (bicyclic) bond motifs is 1. The average molecular weight is 466 g/mol. The van der Waals surface area contributed by atoms with E-state index in [2.05, 4.69) is 17.6 Å². The van der Waals surface area contributed by atoms with Gasteiger partial charge in [-0.3, -0.25) is 4.79 Å². The lowest BCUT2D eigenvalue weighted by atomic mass is 10.1. The van der Waals surface area contributed by atoms with E-state index in [0.29, 0.717) is 22.7 Å². The van der Waals surface area contributed by atoms with Gasteiger partial charge in [0.2, 0.25) is 5.91 Å². The molecule has 3 rings (SSSR count). The summed E-state index contributed by atoms with van der Waals surface area (Å²) in [7, 11) is 3.44. The molecule has 182 valence electrons. The highest BCUT2D eigenvalue weighted by molar-refractivity contribution is 5.97. The standard InChI is InChI=1S/C27H35N3O4/c1-5-6-7-8-11-16-28-19(2)27(32)29-22-17-20(14-15-25(22)33-4)30(3)23-18-26(31)34-24-13-10-9-12-21(23)24/h9-10,12-15,17-19,28H,5-8,11,16H2,1-4H3,(H,29,32)/t19-/m0/s1. The first-order chi connectivity index (χ1) is 16.4. The number of nitrogens with one attached hydrogen (secondary N) is 2. The van der Waals surface area contributed by atoms with Crippen LogP contribution >= 0.6 is 0 Å². The third-order valence-corrected chi connectivity index (χ3v) is 5.94. The zero-order chi connectivity index (χ0) is 24.5. The van der Waals surface area contributed by atoms with Gasteiger partial charge in [0.25, 0.3) is 0 Å². The summed E-state index contributed by atoms with van der Waals surface area (Å²) in [4.78, 5) is 26.8. The van der Waals surface area contributed by atoms with Crippen LogP contribution in [0.2, 0.25) is 0 Å². The Morgan fingerprint density at radius 1 is 1.09 bits per heavy atom. The number of unbranched alkanes of at least 4 members (excludes halogenated alkanes) is 4. The number of hydrogen-bond acceptors (Lipinski definition) is 6. The number of methoxy groups -OCH3 is 1. The molecule has 7 nitrogen and oxygen atoms in total. The lowest BCUT2D eigenvalue weighted by Gasteiger charge is -2.23. The molecule has 2 N–H and O–H groups in total. The zero-order valence-corrected chi connectivity index (χ0v) is 20.5. The summed E-state index contributed by atoms with van der Waals surface area (Å²) < 4.78 is 10.8. The Bertz CT molecular complexity index is 1160. The maximum absolute atomic E-state index is 12.8. The fraction of sp³-hybridized carbons (Fsp3) is 0.407. The van der Waals surface area contributed by atoms with Crippen LogP contribution in [0.15, 0.2) is 57.7 Å². The molecule has 1 aromatic heterocycles. The number of rotatable bonds is 12. The van der Waals surface area contributed by atoms with Crippen molar-refractivity contribution in [1.29, 1.82) is 0 Å². The van der Waals surface area contributed by atoms with Gasteiger partial charge in [0, 0.05) is 24.2 Å². The van der Waals surface area contributed by atoms with Crippen molar-refractivity contribution in [2.75, 3.05) is 30.9 Å². The molecule has 0 radical (unpaired) electrons. The summed E-state index contributed by atoms with van der Waals surface area (Å²) in [6.45, 7) is 4.87. The highest BCUT2D eigenvalue weighted by Gasteiger charge is 2.17. The van der Waals surface area contributed by atoms with Crippen LogP contribution in [-0.2, 0) is 4.79 Å². The molecule has 0 aliphatic heterocycles. The molecule has 0 aliphatic carbocycles. The van der Waals surface area contributed by atoms with Gasteiger partial charge in [-0.05, 0) is 50.2 Å². The molecule has 0 bridgehead atoms. The summed E-state index contributed by atoms with van der Waals surface area (Å²) >= 11 is 0. The molecule has 1 heterocycles. The number of carbonyl (C=O) groups is 1. The predicted octanol–water partition coefficient (Wildman–Crippen LogP) is 5.46. The van der Waals surface area contributed by atoms with Gasteiger partial charge >= 0.3 is 5.63 Å². The van der Waals surface area contributed by atoms with Crippen LogP contribution in [0.1, 0.15) is 46.0 Å². The molecule has 0 spiro atoms. The maximum Gasteiger partial charge on any atom is 0.338 e. The highest BCUT2D eigenvalue weighted by atomic mass is 16.5. The minimum atomic E-state index is -0.419. The van der Waals surface area contributed by atoms with Crippen molar-refractivity contribution < 1.29 is 13.9 Å². The van der Waals surface area contributed by atoms with Gasteiger partial charge in [0.15, 0.2) is 0 Å². The van der Waals surface area contributed by atoms with E-state index in [-0.39, 0.29) is 11.9 Å². The Balaban J connectivity index is 1.75. The molecule has 1 atom stereocenters. The Hall–Kier alpha value is -3.32. The molecule has 0 fully saturated rings. The lowest BCUT2D eigenvalue weighted by Crippen LogP contribution is -2.38. The fourth-order valence-electron chi connectivity index (χ4n) is 3.89. The minimum Gasteiger partial charge on any atom is -0.495 e. The molecule has 0 saturated heterocycles. The van der Waals surface area contributed by atoms with Gasteiger partial charge in [-0.25, -0.2) is 4.79 Å². The van der Waals surface area contributed by atoms with Crippen molar-refractivity contribution >= 4 is 33.9 Å². The minimum absolute atomic E-state index is 0.127. The molecule has 0 saturated carbocycles. The Kier molecular flexibility index (Phi) is 9.10. The zero-order valence-electron chi connectivity index (χ0n) is 20.5. The quantitative estimate of drug-likeness (QED) is 0.273. The van der Waals surface area contributed by atoms with Crippen molar-refractivity contribution in [2.45, 2.75) is 52.0 Å². The first kappa shape index (κ1) is 25.3. The van der Waals surface area contributed by atoms with E-state index < -0.39 is 5.63 Å². The van der Waals surface area contributed by atoms with Gasteiger partial charge in [-0.1, -0.05) is 44.7 Å². The van der Waals surface area contributed by atoms with Gasteiger partial charge in [0.05, 0.1) is 24.5 Å². The summed E-state index contributed by atoms with van der Waals surface area (Å²) in [5.74, 6) is 0.437. The highest BCUT2D eigenvalue weighted by Crippen LogP contribution is 2.34. The van der Waals surface area contributed by atoms with Crippen molar-refractivity contribution in [3.63, 3.8) is 0 Å². The lowest BCUT2D eigenvalue weighted by molar-refractivity contribution is -0.117. The number of ether oxygens (including phenoxy) is 1. The van der Waals surface area contributed by atoms with E-state index in [1.165, 1.54) is 31.7 Å². The maximum atomic E-state index is 12.8. The monoisotopic (exact) mass is 465 g/mol. The summed E-state index contributed by atoms with van der Waals surface area (Å²) in [6, 6.07) is 14.1. The van der Waals surface area contributed by atoms with Crippen LogP contribution in [-0.4, -0.2) is 32.7 Å². The van der Waals surface area contributed by atoms with Crippen LogP contribution in [0.4, 0.5) is 17.1 Å². The number of amides is 1. The smallest absolute Gasteiger partial charge is 0.338 e. The first-order valence-electron chi connectivity index (χ1n) is 11.9. The second-order valence-electron chi connectivity index (χ2n) is 8.47. The number of carbonyl (C=O) groups excluding carboxylic acids is 1. The molecule has 1 amide bonds. The van der Waals surface area contributed by atoms with E-state index in [1.54, 1.807) is 19.2 Å². The van der Waals surface area contributed by atoms with E-state index in [9.17, 15) is 9.59 Å². The van der Waals surface area contributed by atoms with Gasteiger partial charge in [-0.2, -0.15) is 0 Å². The van der Waals surface area contributed by atoms with Crippen molar-refractivity contribution in [1.82, 2.24) is 5.32 Å². The summed E-state index contributed by atoms with van der Waals surface area (Å²) in [5, 5.41) is 7.10. The predicted molar refractivity (Wildman–Crippen MR) is 138 cm³/mol. The van der Waals surface area contributed by atoms with Crippen molar-refractivity contribution in [3.05, 3.63) is 59.0 Å². The number of nitrogens with zero attached hydrogens (tertiary/aromatic N) is 1.